The van der Waals surface area contributed by atoms with Gasteiger partial charge in [-0.3, -0.25) is 43.3 Å². The summed E-state index contributed by atoms with van der Waals surface area (Å²) in [5.74, 6) is -6.54. The molecule has 1 aromatic carbocycles. The lowest BCUT2D eigenvalue weighted by Gasteiger charge is -2.29. The van der Waals surface area contributed by atoms with Crippen molar-refractivity contribution in [3.63, 3.8) is 0 Å². The van der Waals surface area contributed by atoms with Crippen LogP contribution in [-0.4, -0.2) is 144 Å². The van der Waals surface area contributed by atoms with Gasteiger partial charge >= 0.3 is 5.97 Å². The molecule has 0 saturated carbocycles. The van der Waals surface area contributed by atoms with Crippen molar-refractivity contribution in [3.05, 3.63) is 29.8 Å². The van der Waals surface area contributed by atoms with Crippen LogP contribution in [-0.2, 0) is 44.8 Å². The second-order valence-electron chi connectivity index (χ2n) is 16.0. The molecule has 0 aromatic heterocycles. The molecular weight excluding hydrogens is 835 g/mol. The first-order chi connectivity index (χ1) is 30.4. The van der Waals surface area contributed by atoms with Crippen LogP contribution in [0, 0.1) is 5.92 Å². The predicted molar refractivity (Wildman–Crippen MR) is 236 cm³/mol. The highest BCUT2D eigenvalue weighted by molar-refractivity contribution is 5.97. The first kappa shape index (κ1) is 54.1. The number of nitrogens with zero attached hydrogens (tertiary/aromatic N) is 2. The highest BCUT2D eigenvalue weighted by atomic mass is 16.4. The Morgan fingerprint density at radius 3 is 1.80 bits per heavy atom. The van der Waals surface area contributed by atoms with Gasteiger partial charge in [-0.05, 0) is 107 Å². The summed E-state index contributed by atoms with van der Waals surface area (Å²) in [6, 6.07) is -0.551. The number of carbonyl (C=O) groups is 8. The molecule has 23 heteroatoms. The van der Waals surface area contributed by atoms with Gasteiger partial charge in [0, 0.05) is 13.1 Å². The minimum Gasteiger partial charge on any atom is -0.508 e. The first-order valence-electron chi connectivity index (χ1n) is 21.7. The second-order valence-corrected chi connectivity index (χ2v) is 16.0. The number of carboxylic acids is 1. The summed E-state index contributed by atoms with van der Waals surface area (Å²) in [5, 5.41) is 34.1. The number of phenols is 1. The molecular formula is C41H69N13O10. The van der Waals surface area contributed by atoms with Gasteiger partial charge in [0.25, 0.3) is 0 Å². The van der Waals surface area contributed by atoms with Crippen LogP contribution in [0.5, 0.6) is 5.75 Å². The summed E-state index contributed by atoms with van der Waals surface area (Å²) in [4.78, 5) is 111. The Morgan fingerprint density at radius 2 is 1.27 bits per heavy atom. The van der Waals surface area contributed by atoms with Gasteiger partial charge in [-0.15, -0.1) is 0 Å². The van der Waals surface area contributed by atoms with Crippen molar-refractivity contribution < 1.29 is 48.6 Å². The van der Waals surface area contributed by atoms with E-state index in [2.05, 4.69) is 36.9 Å². The van der Waals surface area contributed by atoms with Crippen LogP contribution in [0.3, 0.4) is 0 Å². The highest BCUT2D eigenvalue weighted by Gasteiger charge is 2.37. The van der Waals surface area contributed by atoms with Crippen molar-refractivity contribution in [2.24, 2.45) is 39.6 Å². The number of likely N-dealkylation sites (tertiary alicyclic amines) is 1. The molecule has 1 heterocycles. The maximum Gasteiger partial charge on any atom is 0.322 e. The fraction of sp³-hybridized carbons (Fsp3) is 0.634. The van der Waals surface area contributed by atoms with E-state index in [0.29, 0.717) is 50.8 Å². The van der Waals surface area contributed by atoms with E-state index in [1.54, 1.807) is 26.0 Å². The number of aliphatic imine (C=N–C) groups is 1. The van der Waals surface area contributed by atoms with Gasteiger partial charge in [-0.25, -0.2) is 0 Å². The van der Waals surface area contributed by atoms with Crippen molar-refractivity contribution in [2.75, 3.05) is 39.3 Å². The van der Waals surface area contributed by atoms with Gasteiger partial charge in [0.05, 0.1) is 12.6 Å². The lowest BCUT2D eigenvalue weighted by atomic mass is 10.0. The van der Waals surface area contributed by atoms with Gasteiger partial charge in [0.2, 0.25) is 41.4 Å². The minimum atomic E-state index is -1.28. The molecule has 18 N–H and O–H groups in total. The van der Waals surface area contributed by atoms with Crippen LogP contribution >= 0.6 is 0 Å². The number of phenolic OH excluding ortho intramolecular Hbond substituents is 1. The van der Waals surface area contributed by atoms with E-state index < -0.39 is 103 Å². The number of nitrogens with one attached hydrogen (secondary N) is 6. The maximum absolute atomic E-state index is 14.0. The lowest BCUT2D eigenvalue weighted by molar-refractivity contribution is -0.140. The number of hydrogen-bond acceptors (Lipinski definition) is 13. The molecule has 64 heavy (non-hydrogen) atoms. The number of unbranched alkanes of at least 4 members (excludes halogenated alkanes) is 2. The molecule has 358 valence electrons. The predicted octanol–water partition coefficient (Wildman–Crippen LogP) is -3.52. The van der Waals surface area contributed by atoms with E-state index >= 15 is 0 Å². The molecule has 2 rings (SSSR count). The van der Waals surface area contributed by atoms with Crippen LogP contribution in [0.15, 0.2) is 29.3 Å². The maximum atomic E-state index is 14.0. The van der Waals surface area contributed by atoms with Crippen LogP contribution in [0.4, 0.5) is 0 Å². The van der Waals surface area contributed by atoms with Crippen LogP contribution in [0.2, 0.25) is 0 Å². The Kier molecular flexibility index (Phi) is 24.1. The van der Waals surface area contributed by atoms with Gasteiger partial charge in [0.15, 0.2) is 5.96 Å². The Hall–Kier alpha value is -6.07. The fourth-order valence-corrected chi connectivity index (χ4v) is 6.88. The van der Waals surface area contributed by atoms with Crippen molar-refractivity contribution in [1.82, 2.24) is 36.8 Å². The van der Waals surface area contributed by atoms with E-state index in [9.17, 15) is 43.5 Å². The SMILES string of the molecule is CC(C)[C@H](NC(=O)[C@H](CCCCN)NC(=O)[C@H](CCCN=C(N)N)NC(=O)[C@H](CCCCN)NC(=O)[C@@H]1CCCN1C(=O)CNC(=O)[C@@H](N)Cc1ccc(O)cc1)C(=O)NCC(=O)O. The topological polar surface area (TPSA) is 395 Å². The van der Waals surface area contributed by atoms with Crippen LogP contribution < -0.4 is 60.6 Å². The number of carbonyl (C=O) groups excluding carboxylic acids is 7. The van der Waals surface area contributed by atoms with Crippen molar-refractivity contribution in [2.45, 2.75) is 121 Å². The molecule has 0 unspecified atom stereocenters. The normalized spacial score (nSPS) is 15.7. The molecule has 0 bridgehead atoms. The first-order valence-corrected chi connectivity index (χ1v) is 21.7. The monoisotopic (exact) mass is 904 g/mol. The third-order valence-corrected chi connectivity index (χ3v) is 10.4. The molecule has 0 spiro atoms. The molecule has 1 saturated heterocycles. The molecule has 7 amide bonds. The summed E-state index contributed by atoms with van der Waals surface area (Å²) in [7, 11) is 0. The van der Waals surface area contributed by atoms with E-state index in [-0.39, 0.29) is 63.3 Å². The van der Waals surface area contributed by atoms with Gasteiger partial charge in [0.1, 0.15) is 42.5 Å². The Morgan fingerprint density at radius 1 is 0.734 bits per heavy atom. The van der Waals surface area contributed by atoms with Crippen LogP contribution in [0.25, 0.3) is 0 Å². The molecule has 0 radical (unpaired) electrons. The molecule has 1 aliphatic rings. The van der Waals surface area contributed by atoms with Gasteiger partial charge < -0.3 is 75.7 Å². The largest absolute Gasteiger partial charge is 0.508 e. The standard InChI is InChI=1S/C41H69N13O10/c1-24(2)34(40(64)49-23-33(57)58)53-38(62)29(10-4-6-18-43)50-37(61)30(11-7-19-47-41(45)46)51-36(60)28(9-3-5-17-42)52-39(63)31-12-8-20-54(31)32(56)22-48-35(59)27(44)21-25-13-15-26(55)16-14-25/h13-16,24,27-31,34,55H,3-12,17-23,42-44H2,1-2H3,(H,48,59)(H,49,64)(H,50,61)(H,51,60)(H,52,63)(H,53,62)(H,57,58)(H4,45,46,47)/t27-,28-,29-,30-,31-,34-/m0/s1. The molecule has 1 aliphatic heterocycles. The van der Waals surface area contributed by atoms with Crippen molar-refractivity contribution >= 4 is 53.3 Å². The number of rotatable bonds is 29. The van der Waals surface area contributed by atoms with E-state index in [0.717, 1.165) is 0 Å². The lowest BCUT2D eigenvalue weighted by Crippen LogP contribution is -2.59. The highest BCUT2D eigenvalue weighted by Crippen LogP contribution is 2.19. The molecule has 6 atom stereocenters. The minimum absolute atomic E-state index is 0.00358. The molecule has 0 aliphatic carbocycles. The van der Waals surface area contributed by atoms with Gasteiger partial charge in [-0.1, -0.05) is 26.0 Å². The number of benzene rings is 1. The molecule has 23 nitrogen and oxygen atoms in total. The van der Waals surface area contributed by atoms with Crippen molar-refractivity contribution in [1.29, 1.82) is 0 Å². The quantitative estimate of drug-likeness (QED) is 0.0211. The number of nitrogens with two attached hydrogens (primary N) is 5. The average molecular weight is 904 g/mol. The number of hydrogen-bond donors (Lipinski definition) is 13. The Labute approximate surface area is 373 Å². The van der Waals surface area contributed by atoms with E-state index in [1.165, 1.54) is 17.0 Å². The average Bonchev–Trinajstić information content (AvgIpc) is 3.75. The molecule has 1 aromatic rings. The zero-order valence-corrected chi connectivity index (χ0v) is 36.8. The fourth-order valence-electron chi connectivity index (χ4n) is 6.88. The number of amides is 7. The zero-order valence-electron chi connectivity index (χ0n) is 36.8. The van der Waals surface area contributed by atoms with Gasteiger partial charge in [-0.2, -0.15) is 0 Å². The number of carboxylic acid groups (broad SMARTS) is 1. The Bertz CT molecular complexity index is 1740. The number of guanidine groups is 1. The zero-order chi connectivity index (χ0) is 47.8. The third kappa shape index (κ3) is 19.5. The molecule has 1 fully saturated rings. The summed E-state index contributed by atoms with van der Waals surface area (Å²) >= 11 is 0. The summed E-state index contributed by atoms with van der Waals surface area (Å²) in [6.45, 7) is 3.14. The third-order valence-electron chi connectivity index (χ3n) is 10.4. The summed E-state index contributed by atoms with van der Waals surface area (Å²) in [5.41, 5.74) is 29.1. The summed E-state index contributed by atoms with van der Waals surface area (Å²) in [6.07, 6.45) is 3.19. The number of aromatic hydroxyl groups is 1. The Balaban J connectivity index is 2.25. The van der Waals surface area contributed by atoms with Crippen LogP contribution in [0.1, 0.15) is 83.6 Å². The number of aliphatic carboxylic acids is 1. The smallest absolute Gasteiger partial charge is 0.322 e. The van der Waals surface area contributed by atoms with E-state index in [4.69, 9.17) is 33.8 Å². The second kappa shape index (κ2) is 28.6. The van der Waals surface area contributed by atoms with Crippen molar-refractivity contribution in [3.8, 4) is 5.75 Å². The van der Waals surface area contributed by atoms with E-state index in [1.807, 2.05) is 0 Å². The summed E-state index contributed by atoms with van der Waals surface area (Å²) < 4.78 is 0.